The largest absolute Gasteiger partial charge is 0.507 e. The molecule has 182 valence electrons. The Balaban J connectivity index is 1.21. The van der Waals surface area contributed by atoms with Crippen LogP contribution in [-0.2, 0) is 9.59 Å². The number of carboxylic acid groups (broad SMARTS) is 1. The van der Waals surface area contributed by atoms with E-state index < -0.39 is 11.7 Å². The number of phenols is 1. The van der Waals surface area contributed by atoms with Gasteiger partial charge in [-0.2, -0.15) is 0 Å². The number of unbranched alkanes of at least 4 members (excludes halogenated alkanes) is 2. The van der Waals surface area contributed by atoms with Gasteiger partial charge in [0.15, 0.2) is 11.5 Å². The highest BCUT2D eigenvalue weighted by Gasteiger charge is 2.31. The molecule has 0 radical (unpaired) electrons. The smallest absolute Gasteiger partial charge is 0.339 e. The number of carbonyl (C=O) groups excluding carboxylic acids is 2. The molecule has 4 rings (SSSR count). The summed E-state index contributed by atoms with van der Waals surface area (Å²) >= 11 is 6.64. The molecule has 2 aliphatic heterocycles. The van der Waals surface area contributed by atoms with Crippen molar-refractivity contribution in [3.8, 4) is 17.2 Å². The summed E-state index contributed by atoms with van der Waals surface area (Å²) in [5.41, 5.74) is 0.917. The molecule has 11 heteroatoms. The molecule has 1 fully saturated rings. The summed E-state index contributed by atoms with van der Waals surface area (Å²) in [4.78, 5) is 38.0. The van der Waals surface area contributed by atoms with Gasteiger partial charge in [-0.05, 0) is 48.7 Å². The van der Waals surface area contributed by atoms with Gasteiger partial charge in [-0.3, -0.25) is 14.5 Å². The van der Waals surface area contributed by atoms with E-state index in [4.69, 9.17) is 26.8 Å². The fourth-order valence-electron chi connectivity index (χ4n) is 3.59. The fourth-order valence-corrected chi connectivity index (χ4v) is 4.90. The number of carbonyl (C=O) groups is 3. The van der Waals surface area contributed by atoms with Gasteiger partial charge in [-0.1, -0.05) is 36.5 Å². The lowest BCUT2D eigenvalue weighted by atomic mass is 10.1. The minimum Gasteiger partial charge on any atom is -0.507 e. The van der Waals surface area contributed by atoms with Gasteiger partial charge >= 0.3 is 5.97 Å². The maximum absolute atomic E-state index is 12.8. The first kappa shape index (κ1) is 24.6. The van der Waals surface area contributed by atoms with Crippen LogP contribution < -0.4 is 14.8 Å². The van der Waals surface area contributed by atoms with Crippen LogP contribution in [-0.4, -0.2) is 50.6 Å². The molecule has 2 aromatic rings. The number of carboxylic acids is 1. The molecule has 1 saturated heterocycles. The van der Waals surface area contributed by atoms with Crippen molar-refractivity contribution in [3.63, 3.8) is 0 Å². The van der Waals surface area contributed by atoms with Gasteiger partial charge in [-0.15, -0.1) is 0 Å². The van der Waals surface area contributed by atoms with Crippen LogP contribution in [0.4, 0.5) is 5.69 Å². The summed E-state index contributed by atoms with van der Waals surface area (Å²) in [6.45, 7) is 0.654. The highest BCUT2D eigenvalue weighted by molar-refractivity contribution is 8.26. The Bertz CT molecular complexity index is 1230. The number of benzene rings is 2. The molecule has 0 atom stereocenters. The Labute approximate surface area is 210 Å². The lowest BCUT2D eigenvalue weighted by molar-refractivity contribution is -0.122. The number of aromatic hydroxyl groups is 1. The molecule has 0 bridgehead atoms. The number of anilines is 1. The Kier molecular flexibility index (Phi) is 7.57. The average molecular weight is 515 g/mol. The van der Waals surface area contributed by atoms with Crippen molar-refractivity contribution in [2.24, 2.45) is 0 Å². The van der Waals surface area contributed by atoms with Crippen molar-refractivity contribution in [1.82, 2.24) is 4.90 Å². The third-order valence-electron chi connectivity index (χ3n) is 5.37. The minimum atomic E-state index is -1.25. The molecule has 9 nitrogen and oxygen atoms in total. The van der Waals surface area contributed by atoms with E-state index in [0.717, 1.165) is 12.0 Å². The number of nitrogens with one attached hydrogen (secondary N) is 1. The van der Waals surface area contributed by atoms with Crippen LogP contribution in [0.15, 0.2) is 41.3 Å². The van der Waals surface area contributed by atoms with Crippen LogP contribution in [0.1, 0.15) is 41.6 Å². The highest BCUT2D eigenvalue weighted by atomic mass is 32.2. The third kappa shape index (κ3) is 5.92. The van der Waals surface area contributed by atoms with Gasteiger partial charge in [0.1, 0.15) is 15.6 Å². The fraction of sp³-hybridized carbons (Fsp3) is 0.250. The molecular weight excluding hydrogens is 492 g/mol. The van der Waals surface area contributed by atoms with E-state index in [1.807, 2.05) is 12.1 Å². The molecule has 2 heterocycles. The first-order valence-corrected chi connectivity index (χ1v) is 12.1. The van der Waals surface area contributed by atoms with E-state index >= 15 is 0 Å². The maximum Gasteiger partial charge on any atom is 0.339 e. The van der Waals surface area contributed by atoms with Crippen molar-refractivity contribution in [2.75, 3.05) is 18.7 Å². The molecule has 0 spiro atoms. The van der Waals surface area contributed by atoms with Crippen LogP contribution in [0.25, 0.3) is 6.08 Å². The monoisotopic (exact) mass is 514 g/mol. The maximum atomic E-state index is 12.8. The normalized spacial score (nSPS) is 15.7. The second-order valence-electron chi connectivity index (χ2n) is 7.84. The van der Waals surface area contributed by atoms with Crippen molar-refractivity contribution < 1.29 is 34.1 Å². The number of thiocarbonyl (C=S) groups is 1. The van der Waals surface area contributed by atoms with Crippen LogP contribution in [0.2, 0.25) is 0 Å². The molecule has 2 amide bonds. The second-order valence-corrected chi connectivity index (χ2v) is 9.52. The molecular formula is C24H22N2O7S2. The number of fused-ring (bicyclic) bond motifs is 1. The zero-order valence-corrected chi connectivity index (χ0v) is 20.1. The standard InChI is InChI=1S/C24H22N2O7S2/c27-17-12-15(6-7-16(17)23(30)31)25-21(28)4-2-1-3-9-26-22(29)20(35-24(26)34)11-14-5-8-18-19(10-14)33-13-32-18/h5-8,10-12,27H,1-4,9,13H2,(H,25,28)(H,30,31). The number of thioether (sulfide) groups is 1. The zero-order valence-electron chi connectivity index (χ0n) is 18.5. The Morgan fingerprint density at radius 3 is 2.69 bits per heavy atom. The SMILES string of the molecule is O=C(CCCCCN1C(=O)C(=Cc2ccc3c(c2)OCO3)SC1=S)Nc1ccc(C(=O)O)c(O)c1. The summed E-state index contributed by atoms with van der Waals surface area (Å²) in [7, 11) is 0. The van der Waals surface area contributed by atoms with Crippen LogP contribution >= 0.6 is 24.0 Å². The predicted molar refractivity (Wildman–Crippen MR) is 135 cm³/mol. The first-order valence-electron chi connectivity index (χ1n) is 10.8. The van der Waals surface area contributed by atoms with Gasteiger partial charge in [0, 0.05) is 24.7 Å². The molecule has 0 unspecified atom stereocenters. The van der Waals surface area contributed by atoms with Gasteiger partial charge in [0.05, 0.1) is 4.91 Å². The number of nitrogens with zero attached hydrogens (tertiary/aromatic N) is 1. The van der Waals surface area contributed by atoms with E-state index in [1.54, 1.807) is 17.0 Å². The summed E-state index contributed by atoms with van der Waals surface area (Å²) in [6.07, 6.45) is 4.04. The zero-order chi connectivity index (χ0) is 24.9. The molecule has 0 aliphatic carbocycles. The second kappa shape index (κ2) is 10.8. The third-order valence-corrected chi connectivity index (χ3v) is 6.74. The van der Waals surface area contributed by atoms with Gasteiger partial charge < -0.3 is 25.0 Å². The molecule has 0 aromatic heterocycles. The van der Waals surface area contributed by atoms with E-state index in [1.165, 1.54) is 30.0 Å². The first-order chi connectivity index (χ1) is 16.8. The van der Waals surface area contributed by atoms with Crippen molar-refractivity contribution in [3.05, 3.63) is 52.4 Å². The van der Waals surface area contributed by atoms with Crippen LogP contribution in [0.5, 0.6) is 17.2 Å². The highest BCUT2D eigenvalue weighted by Crippen LogP contribution is 2.36. The van der Waals surface area contributed by atoms with E-state index in [9.17, 15) is 19.5 Å². The predicted octanol–water partition coefficient (Wildman–Crippen LogP) is 4.22. The van der Waals surface area contributed by atoms with E-state index in [-0.39, 0.29) is 30.6 Å². The quantitative estimate of drug-likeness (QED) is 0.256. The molecule has 35 heavy (non-hydrogen) atoms. The number of amides is 2. The van der Waals surface area contributed by atoms with Crippen molar-refractivity contribution in [1.29, 1.82) is 0 Å². The Morgan fingerprint density at radius 1 is 1.11 bits per heavy atom. The van der Waals surface area contributed by atoms with Crippen LogP contribution in [0, 0.1) is 0 Å². The lowest BCUT2D eigenvalue weighted by Gasteiger charge is -2.14. The van der Waals surface area contributed by atoms with Gasteiger partial charge in [0.2, 0.25) is 12.7 Å². The molecule has 2 aromatic carbocycles. The minimum absolute atomic E-state index is 0.139. The van der Waals surface area contributed by atoms with Gasteiger partial charge in [0.25, 0.3) is 5.91 Å². The van der Waals surface area contributed by atoms with E-state index in [2.05, 4.69) is 5.32 Å². The number of hydrogen-bond donors (Lipinski definition) is 3. The number of ether oxygens (including phenoxy) is 2. The van der Waals surface area contributed by atoms with Crippen LogP contribution in [0.3, 0.4) is 0 Å². The van der Waals surface area contributed by atoms with Crippen molar-refractivity contribution in [2.45, 2.75) is 25.7 Å². The number of hydrogen-bond acceptors (Lipinski definition) is 8. The lowest BCUT2D eigenvalue weighted by Crippen LogP contribution is -2.29. The number of aromatic carboxylic acids is 1. The summed E-state index contributed by atoms with van der Waals surface area (Å²) in [5, 5.41) is 21.3. The molecule has 3 N–H and O–H groups in total. The number of rotatable bonds is 9. The molecule has 2 aliphatic rings. The average Bonchev–Trinajstić information content (AvgIpc) is 3.37. The Hall–Kier alpha value is -3.57. The van der Waals surface area contributed by atoms with Gasteiger partial charge in [-0.25, -0.2) is 4.79 Å². The van der Waals surface area contributed by atoms with Crippen molar-refractivity contribution >= 4 is 57.8 Å². The Morgan fingerprint density at radius 2 is 1.91 bits per heavy atom. The van der Waals surface area contributed by atoms with E-state index in [0.29, 0.717) is 45.8 Å². The summed E-state index contributed by atoms with van der Waals surface area (Å²) in [5.74, 6) is -0.716. The molecule has 0 saturated carbocycles. The topological polar surface area (TPSA) is 125 Å². The summed E-state index contributed by atoms with van der Waals surface area (Å²) < 4.78 is 11.2. The summed E-state index contributed by atoms with van der Waals surface area (Å²) in [6, 6.07) is 9.34.